The summed E-state index contributed by atoms with van der Waals surface area (Å²) >= 11 is 0.325. The predicted octanol–water partition coefficient (Wildman–Crippen LogP) is 3.75. The normalized spacial score (nSPS) is 11.6. The molecule has 0 fully saturated rings. The van der Waals surface area contributed by atoms with Crippen molar-refractivity contribution >= 4 is 39.0 Å². The van der Waals surface area contributed by atoms with Crippen LogP contribution in [0, 0.1) is 11.6 Å². The molecule has 0 aliphatic carbocycles. The highest BCUT2D eigenvalue weighted by atomic mass is 32.2. The zero-order valence-corrected chi connectivity index (χ0v) is 19.7. The largest absolute Gasteiger partial charge is 0.487 e. The van der Waals surface area contributed by atoms with E-state index in [2.05, 4.69) is 20.1 Å². The molecule has 1 heterocycles. The number of hydrogen-bond donors (Lipinski definition) is 3. The second-order valence-corrected chi connectivity index (χ2v) is 11.1. The summed E-state index contributed by atoms with van der Waals surface area (Å²) in [6.07, 6.45) is -0.876. The van der Waals surface area contributed by atoms with Crippen LogP contribution in [0.5, 0.6) is 11.5 Å². The van der Waals surface area contributed by atoms with Gasteiger partial charge in [0.2, 0.25) is 11.5 Å². The first-order valence-electron chi connectivity index (χ1n) is 9.28. The lowest BCUT2D eigenvalue weighted by molar-refractivity contribution is 0.247. The smallest absolute Gasteiger partial charge is 0.340 e. The molecule has 0 saturated carbocycles. The lowest BCUT2D eigenvalue weighted by Gasteiger charge is -2.15. The molecule has 0 aliphatic heterocycles. The molecule has 19 heteroatoms. The third-order valence-corrected chi connectivity index (χ3v) is 7.69. The summed E-state index contributed by atoms with van der Waals surface area (Å²) < 4.78 is 77.4. The minimum Gasteiger partial charge on any atom is -0.487 e. The van der Waals surface area contributed by atoms with E-state index in [-0.39, 0.29) is 39.1 Å². The van der Waals surface area contributed by atoms with Crippen molar-refractivity contribution in [3.05, 3.63) is 38.6 Å². The number of fused-ring (bicyclic) bond motifs is 1. The molecular weight excluding hydrogens is 523 g/mol. The van der Waals surface area contributed by atoms with Gasteiger partial charge in [-0.15, -0.1) is 11.3 Å². The number of nitrogens with zero attached hydrogens (tertiary/aromatic N) is 6. The highest BCUT2D eigenvalue weighted by Gasteiger charge is 2.29. The molecule has 0 spiro atoms. The van der Waals surface area contributed by atoms with Gasteiger partial charge in [-0.3, -0.25) is 4.57 Å². The van der Waals surface area contributed by atoms with Crippen molar-refractivity contribution in [1.82, 2.24) is 4.72 Å². The number of halogens is 2. The van der Waals surface area contributed by atoms with Crippen LogP contribution in [0.25, 0.3) is 31.0 Å². The highest BCUT2D eigenvalue weighted by Crippen LogP contribution is 2.44. The van der Waals surface area contributed by atoms with Crippen LogP contribution in [0.1, 0.15) is 12.8 Å². The van der Waals surface area contributed by atoms with Gasteiger partial charge in [-0.2, -0.15) is 4.72 Å². The summed E-state index contributed by atoms with van der Waals surface area (Å²) in [5.41, 5.74) is 16.6. The third kappa shape index (κ3) is 7.41. The summed E-state index contributed by atoms with van der Waals surface area (Å²) in [6.45, 7) is -0.319. The van der Waals surface area contributed by atoms with Crippen LogP contribution >= 0.6 is 18.9 Å². The number of sulfonamides is 1. The Balaban J connectivity index is 2.46. The standard InChI is InChI=1S/C15H18F2N7O7PS2/c16-11-9-7-10(34(28,29)22-8-32(25,26)27)33-15(9)12(17)14(31-6-2-4-21-24-19)13(11)30-5-1-3-20-23-18/h7,22H,1-6,8H2,(H2,25,26,27). The number of thiophene rings is 1. The molecule has 3 N–H and O–H groups in total. The fraction of sp³-hybridized carbons (Fsp3) is 0.467. The molecule has 0 amide bonds. The number of benzene rings is 1. The summed E-state index contributed by atoms with van der Waals surface area (Å²) in [7, 11) is -9.23. The third-order valence-electron chi connectivity index (χ3n) is 3.90. The molecule has 0 aliphatic rings. The first kappa shape index (κ1) is 27.6. The van der Waals surface area contributed by atoms with E-state index in [0.29, 0.717) is 11.3 Å². The Bertz CT molecular complexity index is 1220. The average Bonchev–Trinajstić information content (AvgIpc) is 3.23. The maximum atomic E-state index is 15.2. The minimum absolute atomic E-state index is 0.0251. The Morgan fingerprint density at radius 1 is 1.06 bits per heavy atom. The predicted molar refractivity (Wildman–Crippen MR) is 117 cm³/mol. The van der Waals surface area contributed by atoms with Crippen LogP contribution in [0.4, 0.5) is 8.78 Å². The van der Waals surface area contributed by atoms with E-state index in [0.717, 1.165) is 6.07 Å². The Kier molecular flexibility index (Phi) is 9.85. The van der Waals surface area contributed by atoms with Gasteiger partial charge in [-0.05, 0) is 30.0 Å². The second-order valence-electron chi connectivity index (χ2n) is 6.38. The molecule has 1 aromatic carbocycles. The molecular formula is C15H18F2N7O7PS2. The van der Waals surface area contributed by atoms with Crippen molar-refractivity contribution in [3.8, 4) is 11.5 Å². The SMILES string of the molecule is [N-]=[N+]=NCCCOc1c(OCCCN=[N+]=[N-])c(F)c2sc(S(=O)(=O)NCP(=O)(O)O)cc2c1F. The van der Waals surface area contributed by atoms with Gasteiger partial charge in [0.15, 0.2) is 11.6 Å². The average molecular weight is 541 g/mol. The van der Waals surface area contributed by atoms with E-state index in [1.807, 2.05) is 0 Å². The van der Waals surface area contributed by atoms with Crippen molar-refractivity contribution in [2.45, 2.75) is 17.1 Å². The first-order chi connectivity index (χ1) is 16.0. The lowest BCUT2D eigenvalue weighted by atomic mass is 10.2. The van der Waals surface area contributed by atoms with Gasteiger partial charge in [0, 0.05) is 28.3 Å². The number of nitrogens with one attached hydrogen (secondary N) is 1. The fourth-order valence-corrected chi connectivity index (χ4v) is 5.91. The van der Waals surface area contributed by atoms with Gasteiger partial charge in [-0.25, -0.2) is 17.2 Å². The van der Waals surface area contributed by atoms with Crippen LogP contribution < -0.4 is 14.2 Å². The second kappa shape index (κ2) is 12.1. The van der Waals surface area contributed by atoms with Gasteiger partial charge < -0.3 is 19.3 Å². The van der Waals surface area contributed by atoms with E-state index < -0.39 is 61.3 Å². The Labute approximate surface area is 194 Å². The van der Waals surface area contributed by atoms with Crippen molar-refractivity contribution in [1.29, 1.82) is 0 Å². The van der Waals surface area contributed by atoms with Gasteiger partial charge >= 0.3 is 7.60 Å². The monoisotopic (exact) mass is 541 g/mol. The van der Waals surface area contributed by atoms with Crippen molar-refractivity contribution < 1.29 is 41.0 Å². The van der Waals surface area contributed by atoms with E-state index in [1.54, 1.807) is 4.72 Å². The van der Waals surface area contributed by atoms with E-state index in [4.69, 9.17) is 30.3 Å². The van der Waals surface area contributed by atoms with Gasteiger partial charge in [0.25, 0.3) is 10.0 Å². The molecule has 0 bridgehead atoms. The summed E-state index contributed by atoms with van der Waals surface area (Å²) in [4.78, 5) is 22.9. The molecule has 0 radical (unpaired) electrons. The number of rotatable bonds is 14. The van der Waals surface area contributed by atoms with Gasteiger partial charge in [0.05, 0.1) is 17.9 Å². The van der Waals surface area contributed by atoms with Crippen LogP contribution in [0.15, 0.2) is 20.5 Å². The zero-order valence-electron chi connectivity index (χ0n) is 17.2. The minimum atomic E-state index is -4.73. The summed E-state index contributed by atoms with van der Waals surface area (Å²) in [5, 5.41) is 6.13. The van der Waals surface area contributed by atoms with Crippen LogP contribution in [-0.2, 0) is 14.6 Å². The van der Waals surface area contributed by atoms with Crippen molar-refractivity contribution in [3.63, 3.8) is 0 Å². The maximum absolute atomic E-state index is 15.2. The Morgan fingerprint density at radius 2 is 1.59 bits per heavy atom. The fourth-order valence-electron chi connectivity index (χ4n) is 2.46. The summed E-state index contributed by atoms with van der Waals surface area (Å²) in [6, 6.07) is 0.804. The Hall–Kier alpha value is -2.68. The van der Waals surface area contributed by atoms with Gasteiger partial charge in [0.1, 0.15) is 10.5 Å². The number of azide groups is 2. The highest BCUT2D eigenvalue weighted by molar-refractivity contribution is 7.92. The lowest BCUT2D eigenvalue weighted by Crippen LogP contribution is -2.23. The molecule has 2 aromatic rings. The molecule has 0 saturated heterocycles. The van der Waals surface area contributed by atoms with E-state index in [9.17, 15) is 13.0 Å². The topological polar surface area (TPSA) is 220 Å². The summed E-state index contributed by atoms with van der Waals surface area (Å²) in [5.74, 6) is -3.52. The molecule has 2 rings (SSSR count). The Morgan fingerprint density at radius 3 is 2.09 bits per heavy atom. The zero-order chi connectivity index (χ0) is 25.4. The molecule has 0 unspecified atom stereocenters. The molecule has 0 atom stereocenters. The quantitative estimate of drug-likeness (QED) is 0.106. The molecule has 14 nitrogen and oxygen atoms in total. The maximum Gasteiger partial charge on any atom is 0.340 e. The van der Waals surface area contributed by atoms with Gasteiger partial charge in [-0.1, -0.05) is 10.2 Å². The van der Waals surface area contributed by atoms with Crippen molar-refractivity contribution in [2.24, 2.45) is 10.2 Å². The molecule has 1 aromatic heterocycles. The van der Waals surface area contributed by atoms with E-state index in [1.165, 1.54) is 0 Å². The van der Waals surface area contributed by atoms with Crippen LogP contribution in [-0.4, -0.2) is 50.8 Å². The number of ether oxygens (including phenoxy) is 2. The van der Waals surface area contributed by atoms with Crippen molar-refractivity contribution in [2.75, 3.05) is 32.6 Å². The van der Waals surface area contributed by atoms with Crippen LogP contribution in [0.2, 0.25) is 0 Å². The molecule has 34 heavy (non-hydrogen) atoms. The van der Waals surface area contributed by atoms with E-state index >= 15 is 8.78 Å². The number of hydrogen-bond acceptors (Lipinski definition) is 8. The first-order valence-corrected chi connectivity index (χ1v) is 13.4. The molecule has 186 valence electrons. The van der Waals surface area contributed by atoms with Crippen LogP contribution in [0.3, 0.4) is 0 Å².